The molecule has 0 bridgehead atoms. The second-order valence-electron chi connectivity index (χ2n) is 3.85. The molecule has 15 heavy (non-hydrogen) atoms. The fourth-order valence-corrected chi connectivity index (χ4v) is 3.46. The fraction of sp³-hybridized carbons (Fsp3) is 0.455. The van der Waals surface area contributed by atoms with Gasteiger partial charge in [-0.05, 0) is 18.1 Å². The maximum atomic E-state index is 13.4. The minimum absolute atomic E-state index is 0.129. The van der Waals surface area contributed by atoms with Crippen molar-refractivity contribution in [3.05, 3.63) is 35.6 Å². The maximum Gasteiger partial charge on any atom is 0.153 e. The van der Waals surface area contributed by atoms with Crippen molar-refractivity contribution in [2.24, 2.45) is 0 Å². The first-order valence-corrected chi connectivity index (χ1v) is 6.74. The predicted molar refractivity (Wildman–Crippen MR) is 57.0 cm³/mol. The van der Waals surface area contributed by atoms with E-state index >= 15 is 0 Å². The van der Waals surface area contributed by atoms with Crippen molar-refractivity contribution < 1.29 is 12.8 Å². The molecule has 1 aromatic carbocycles. The normalized spacial score (nSPS) is 25.2. The largest absolute Gasteiger partial charge is 0.229 e. The first kappa shape index (κ1) is 10.6. The highest BCUT2D eigenvalue weighted by Gasteiger charge is 2.47. The van der Waals surface area contributed by atoms with E-state index in [-0.39, 0.29) is 22.7 Å². The van der Waals surface area contributed by atoms with Crippen molar-refractivity contribution in [3.63, 3.8) is 0 Å². The van der Waals surface area contributed by atoms with Gasteiger partial charge in [-0.1, -0.05) is 25.1 Å². The summed E-state index contributed by atoms with van der Waals surface area (Å²) >= 11 is 0. The molecule has 0 aliphatic heterocycles. The molecule has 2 atom stereocenters. The van der Waals surface area contributed by atoms with E-state index in [2.05, 4.69) is 0 Å². The Balaban J connectivity index is 2.22. The van der Waals surface area contributed by atoms with Crippen molar-refractivity contribution in [1.29, 1.82) is 0 Å². The van der Waals surface area contributed by atoms with Crippen LogP contribution in [0, 0.1) is 5.82 Å². The Morgan fingerprint density at radius 3 is 2.67 bits per heavy atom. The topological polar surface area (TPSA) is 34.1 Å². The van der Waals surface area contributed by atoms with E-state index in [0.29, 0.717) is 12.0 Å². The lowest BCUT2D eigenvalue weighted by Crippen LogP contribution is -2.11. The summed E-state index contributed by atoms with van der Waals surface area (Å²) in [7, 11) is -3.01. The first-order chi connectivity index (χ1) is 7.06. The van der Waals surface area contributed by atoms with Crippen LogP contribution in [0.3, 0.4) is 0 Å². The van der Waals surface area contributed by atoms with Gasteiger partial charge < -0.3 is 0 Å². The SMILES string of the molecule is CCS(=O)(=O)C1CC1c1ccccc1F. The van der Waals surface area contributed by atoms with Crippen LogP contribution < -0.4 is 0 Å². The highest BCUT2D eigenvalue weighted by molar-refractivity contribution is 7.92. The van der Waals surface area contributed by atoms with Gasteiger partial charge in [-0.2, -0.15) is 0 Å². The molecule has 0 heterocycles. The first-order valence-electron chi connectivity index (χ1n) is 5.02. The Hall–Kier alpha value is -0.900. The Labute approximate surface area is 89.0 Å². The molecule has 0 amide bonds. The van der Waals surface area contributed by atoms with Gasteiger partial charge in [-0.3, -0.25) is 0 Å². The third kappa shape index (κ3) is 1.91. The van der Waals surface area contributed by atoms with Crippen LogP contribution in [0.25, 0.3) is 0 Å². The zero-order valence-electron chi connectivity index (χ0n) is 8.48. The van der Waals surface area contributed by atoms with Crippen molar-refractivity contribution in [1.82, 2.24) is 0 Å². The maximum absolute atomic E-state index is 13.4. The van der Waals surface area contributed by atoms with Gasteiger partial charge in [0, 0.05) is 11.7 Å². The Morgan fingerprint density at radius 2 is 2.07 bits per heavy atom. The molecule has 2 nitrogen and oxygen atoms in total. The highest BCUT2D eigenvalue weighted by atomic mass is 32.2. The average Bonchev–Trinajstić information content (AvgIpc) is 2.99. The molecule has 1 aliphatic carbocycles. The number of hydrogen-bond acceptors (Lipinski definition) is 2. The molecule has 0 N–H and O–H groups in total. The molecule has 4 heteroatoms. The Morgan fingerprint density at radius 1 is 1.40 bits per heavy atom. The molecule has 1 aliphatic rings. The molecule has 1 saturated carbocycles. The van der Waals surface area contributed by atoms with Gasteiger partial charge >= 0.3 is 0 Å². The summed E-state index contributed by atoms with van der Waals surface area (Å²) in [4.78, 5) is 0. The molecule has 0 aromatic heterocycles. The summed E-state index contributed by atoms with van der Waals surface area (Å²) in [5.41, 5.74) is 0.541. The molecule has 0 radical (unpaired) electrons. The monoisotopic (exact) mass is 228 g/mol. The zero-order valence-corrected chi connectivity index (χ0v) is 9.30. The smallest absolute Gasteiger partial charge is 0.153 e. The van der Waals surface area contributed by atoms with Gasteiger partial charge in [-0.25, -0.2) is 12.8 Å². The van der Waals surface area contributed by atoms with Crippen LogP contribution in [-0.4, -0.2) is 19.4 Å². The predicted octanol–water partition coefficient (Wildman–Crippen LogP) is 2.12. The summed E-state index contributed by atoms with van der Waals surface area (Å²) in [5, 5.41) is -0.362. The minimum atomic E-state index is -3.01. The van der Waals surface area contributed by atoms with E-state index < -0.39 is 9.84 Å². The van der Waals surface area contributed by atoms with Crippen LogP contribution >= 0.6 is 0 Å². The number of benzene rings is 1. The number of rotatable bonds is 3. The lowest BCUT2D eigenvalue weighted by Gasteiger charge is -2.02. The summed E-state index contributed by atoms with van der Waals surface area (Å²) in [6.45, 7) is 1.63. The van der Waals surface area contributed by atoms with Crippen LogP contribution in [0.5, 0.6) is 0 Å². The Kier molecular flexibility index (Phi) is 2.54. The van der Waals surface area contributed by atoms with Crippen LogP contribution in [0.1, 0.15) is 24.8 Å². The van der Waals surface area contributed by atoms with Gasteiger partial charge in [0.05, 0.1) is 5.25 Å². The second-order valence-corrected chi connectivity index (χ2v) is 6.36. The van der Waals surface area contributed by atoms with Crippen molar-refractivity contribution in [3.8, 4) is 0 Å². The molecular formula is C11H13FO2S. The molecule has 2 unspecified atom stereocenters. The van der Waals surface area contributed by atoms with Crippen LogP contribution in [0.4, 0.5) is 4.39 Å². The quantitative estimate of drug-likeness (QED) is 0.794. The van der Waals surface area contributed by atoms with Gasteiger partial charge in [0.15, 0.2) is 9.84 Å². The molecule has 1 fully saturated rings. The highest BCUT2D eigenvalue weighted by Crippen LogP contribution is 2.46. The lowest BCUT2D eigenvalue weighted by molar-refractivity contribution is 0.593. The number of hydrogen-bond donors (Lipinski definition) is 0. The third-order valence-electron chi connectivity index (χ3n) is 2.90. The summed E-state index contributed by atoms with van der Waals surface area (Å²) in [6, 6.07) is 6.41. The minimum Gasteiger partial charge on any atom is -0.229 e. The fourth-order valence-electron chi connectivity index (χ4n) is 1.89. The van der Waals surface area contributed by atoms with Gasteiger partial charge in [0.25, 0.3) is 0 Å². The molecule has 2 rings (SSSR count). The second kappa shape index (κ2) is 3.59. The van der Waals surface area contributed by atoms with E-state index in [4.69, 9.17) is 0 Å². The summed E-state index contributed by atoms with van der Waals surface area (Å²) in [6.07, 6.45) is 0.567. The van der Waals surface area contributed by atoms with Crippen LogP contribution in [-0.2, 0) is 9.84 Å². The van der Waals surface area contributed by atoms with E-state index in [0.717, 1.165) is 0 Å². The van der Waals surface area contributed by atoms with Crippen molar-refractivity contribution in [2.75, 3.05) is 5.75 Å². The standard InChI is InChI=1S/C11H13FO2S/c1-2-15(13,14)11-7-9(11)8-5-3-4-6-10(8)12/h3-6,9,11H,2,7H2,1H3. The zero-order chi connectivity index (χ0) is 11.1. The van der Waals surface area contributed by atoms with E-state index in [1.54, 1.807) is 25.1 Å². The van der Waals surface area contributed by atoms with E-state index in [1.807, 2.05) is 0 Å². The molecule has 82 valence electrons. The summed E-state index contributed by atoms with van der Waals surface area (Å²) in [5.74, 6) is -0.282. The van der Waals surface area contributed by atoms with Crippen LogP contribution in [0.2, 0.25) is 0 Å². The average molecular weight is 228 g/mol. The van der Waals surface area contributed by atoms with Crippen molar-refractivity contribution >= 4 is 9.84 Å². The Bertz CT molecular complexity index is 467. The molecular weight excluding hydrogens is 215 g/mol. The van der Waals surface area contributed by atoms with Gasteiger partial charge in [-0.15, -0.1) is 0 Å². The number of halogens is 1. The van der Waals surface area contributed by atoms with Gasteiger partial charge in [0.2, 0.25) is 0 Å². The molecule has 0 saturated heterocycles. The lowest BCUT2D eigenvalue weighted by atomic mass is 10.1. The van der Waals surface area contributed by atoms with E-state index in [9.17, 15) is 12.8 Å². The molecule has 1 aromatic rings. The number of sulfone groups is 1. The third-order valence-corrected chi connectivity index (χ3v) is 5.15. The molecule has 0 spiro atoms. The van der Waals surface area contributed by atoms with Gasteiger partial charge in [0.1, 0.15) is 5.82 Å². The summed E-state index contributed by atoms with van der Waals surface area (Å²) < 4.78 is 36.4. The van der Waals surface area contributed by atoms with Crippen molar-refractivity contribution in [2.45, 2.75) is 24.5 Å². The van der Waals surface area contributed by atoms with E-state index in [1.165, 1.54) is 6.07 Å². The van der Waals surface area contributed by atoms with Crippen LogP contribution in [0.15, 0.2) is 24.3 Å².